The van der Waals surface area contributed by atoms with Crippen LogP contribution >= 0.6 is 0 Å². The topological polar surface area (TPSA) is 41.6 Å². The molecule has 0 amide bonds. The minimum atomic E-state index is -0.904. The molecule has 1 aliphatic rings. The van der Waals surface area contributed by atoms with E-state index in [0.29, 0.717) is 12.1 Å². The normalized spacial score (nSPS) is 24.2. The Morgan fingerprint density at radius 3 is 3.08 bits per heavy atom. The van der Waals surface area contributed by atoms with E-state index in [1.807, 2.05) is 0 Å². The average Bonchev–Trinajstić information content (AvgIpc) is 2.47. The van der Waals surface area contributed by atoms with Gasteiger partial charge in [0.2, 0.25) is 0 Å². The van der Waals surface area contributed by atoms with Crippen LogP contribution in [0.2, 0.25) is 0 Å². The number of nitrogens with zero attached hydrogens (tertiary/aromatic N) is 2. The maximum absolute atomic E-state index is 13.3. The lowest BCUT2D eigenvalue weighted by atomic mass is 10.0. The second kappa shape index (κ2) is 3.21. The van der Waals surface area contributed by atoms with Crippen molar-refractivity contribution in [3.63, 3.8) is 0 Å². The molecule has 66 valence electrons. The summed E-state index contributed by atoms with van der Waals surface area (Å²) in [4.78, 5) is 0. The maximum atomic E-state index is 13.3. The van der Waals surface area contributed by atoms with Crippen LogP contribution in [0, 0.1) is 0 Å². The summed E-state index contributed by atoms with van der Waals surface area (Å²) in [5.41, 5.74) is 1.36. The largest absolute Gasteiger partial charge is 0.240 e. The number of aromatic nitrogens is 3. The van der Waals surface area contributed by atoms with Crippen LogP contribution in [0.3, 0.4) is 0 Å². The number of alkyl halides is 1. The van der Waals surface area contributed by atoms with E-state index in [-0.39, 0.29) is 0 Å². The molecule has 0 radical (unpaired) electrons. The van der Waals surface area contributed by atoms with Gasteiger partial charge in [0.25, 0.3) is 0 Å². The van der Waals surface area contributed by atoms with Crippen LogP contribution in [0.4, 0.5) is 4.39 Å². The van der Waals surface area contributed by atoms with Crippen molar-refractivity contribution in [3.8, 4) is 0 Å². The van der Waals surface area contributed by atoms with Gasteiger partial charge in [0, 0.05) is 0 Å². The van der Waals surface area contributed by atoms with E-state index in [1.54, 1.807) is 0 Å². The Morgan fingerprint density at radius 2 is 2.17 bits per heavy atom. The highest BCUT2D eigenvalue weighted by Crippen LogP contribution is 2.27. The SMILES string of the molecule is FC1CCCCCc2n[nH]nc21. The summed E-state index contributed by atoms with van der Waals surface area (Å²) in [6, 6.07) is 0. The summed E-state index contributed by atoms with van der Waals surface area (Å²) in [6.45, 7) is 0. The van der Waals surface area contributed by atoms with E-state index < -0.39 is 6.17 Å². The van der Waals surface area contributed by atoms with E-state index >= 15 is 0 Å². The summed E-state index contributed by atoms with van der Waals surface area (Å²) in [7, 11) is 0. The Hall–Kier alpha value is -0.930. The molecule has 0 aromatic carbocycles. The van der Waals surface area contributed by atoms with Gasteiger partial charge in [0.1, 0.15) is 11.9 Å². The first-order valence-electron chi connectivity index (χ1n) is 4.41. The smallest absolute Gasteiger partial charge is 0.146 e. The minimum absolute atomic E-state index is 0.537. The van der Waals surface area contributed by atoms with Gasteiger partial charge in [-0.25, -0.2) is 4.39 Å². The van der Waals surface area contributed by atoms with Crippen LogP contribution < -0.4 is 0 Å². The molecule has 1 unspecified atom stereocenters. The zero-order chi connectivity index (χ0) is 8.39. The van der Waals surface area contributed by atoms with Crippen molar-refractivity contribution in [3.05, 3.63) is 11.4 Å². The summed E-state index contributed by atoms with van der Waals surface area (Å²) in [5.74, 6) is 0. The van der Waals surface area contributed by atoms with Gasteiger partial charge in [0.05, 0.1) is 5.69 Å². The predicted octanol–water partition coefficient (Wildman–Crippen LogP) is 1.93. The van der Waals surface area contributed by atoms with Gasteiger partial charge in [-0.3, -0.25) is 0 Å². The highest BCUT2D eigenvalue weighted by Gasteiger charge is 2.19. The first-order chi connectivity index (χ1) is 5.88. The first-order valence-corrected chi connectivity index (χ1v) is 4.41. The molecule has 1 N–H and O–H groups in total. The number of aryl methyl sites for hydroxylation is 1. The van der Waals surface area contributed by atoms with Gasteiger partial charge in [-0.1, -0.05) is 12.8 Å². The molecule has 1 heterocycles. The lowest BCUT2D eigenvalue weighted by Gasteiger charge is -2.10. The molecule has 1 atom stereocenters. The fourth-order valence-electron chi connectivity index (χ4n) is 1.63. The van der Waals surface area contributed by atoms with Crippen LogP contribution in [0.5, 0.6) is 0 Å². The summed E-state index contributed by atoms with van der Waals surface area (Å²) < 4.78 is 13.3. The number of hydrogen-bond donors (Lipinski definition) is 1. The van der Waals surface area contributed by atoms with Crippen LogP contribution in [0.1, 0.15) is 43.2 Å². The molecule has 0 saturated heterocycles. The highest BCUT2D eigenvalue weighted by atomic mass is 19.1. The van der Waals surface area contributed by atoms with Gasteiger partial charge < -0.3 is 0 Å². The van der Waals surface area contributed by atoms with E-state index in [9.17, 15) is 4.39 Å². The fourth-order valence-corrected chi connectivity index (χ4v) is 1.63. The summed E-state index contributed by atoms with van der Waals surface area (Å²) in [6.07, 6.45) is 3.73. The zero-order valence-corrected chi connectivity index (χ0v) is 6.89. The quantitative estimate of drug-likeness (QED) is 0.644. The molecule has 1 aliphatic carbocycles. The maximum Gasteiger partial charge on any atom is 0.146 e. The second-order valence-electron chi connectivity index (χ2n) is 3.22. The van der Waals surface area contributed by atoms with Crippen LogP contribution in [-0.2, 0) is 6.42 Å². The van der Waals surface area contributed by atoms with Gasteiger partial charge in [-0.2, -0.15) is 15.4 Å². The number of aromatic amines is 1. The van der Waals surface area contributed by atoms with Crippen LogP contribution in [-0.4, -0.2) is 15.4 Å². The molecular weight excluding hydrogens is 157 g/mol. The van der Waals surface area contributed by atoms with Crippen molar-refractivity contribution >= 4 is 0 Å². The molecule has 0 saturated carbocycles. The summed E-state index contributed by atoms with van der Waals surface area (Å²) in [5, 5.41) is 10.2. The molecule has 3 nitrogen and oxygen atoms in total. The Morgan fingerprint density at radius 1 is 1.25 bits per heavy atom. The molecule has 1 aromatic rings. The number of H-pyrrole nitrogens is 1. The molecule has 1 aromatic heterocycles. The van der Waals surface area contributed by atoms with Gasteiger partial charge in [-0.15, -0.1) is 0 Å². The Bertz CT molecular complexity index is 259. The molecule has 0 spiro atoms. The second-order valence-corrected chi connectivity index (χ2v) is 3.22. The number of rotatable bonds is 0. The van der Waals surface area contributed by atoms with Crippen molar-refractivity contribution in [2.75, 3.05) is 0 Å². The van der Waals surface area contributed by atoms with Gasteiger partial charge in [0.15, 0.2) is 0 Å². The highest BCUT2D eigenvalue weighted by molar-refractivity contribution is 5.12. The van der Waals surface area contributed by atoms with Gasteiger partial charge in [-0.05, 0) is 19.3 Å². The van der Waals surface area contributed by atoms with E-state index in [0.717, 1.165) is 31.4 Å². The average molecular weight is 169 g/mol. The number of fused-ring (bicyclic) bond motifs is 1. The number of hydrogen-bond acceptors (Lipinski definition) is 2. The molecule has 0 aliphatic heterocycles. The van der Waals surface area contributed by atoms with E-state index in [4.69, 9.17) is 0 Å². The fraction of sp³-hybridized carbons (Fsp3) is 0.750. The lowest BCUT2D eigenvalue weighted by Crippen LogP contribution is -2.02. The minimum Gasteiger partial charge on any atom is -0.240 e. The number of nitrogens with one attached hydrogen (secondary N) is 1. The van der Waals surface area contributed by atoms with E-state index in [1.165, 1.54) is 0 Å². The third-order valence-corrected chi connectivity index (χ3v) is 2.32. The summed E-state index contributed by atoms with van der Waals surface area (Å²) >= 11 is 0. The molecule has 4 heteroatoms. The number of halogens is 1. The standard InChI is InChI=1S/C8H12FN3/c9-6-4-2-1-3-5-7-8(6)11-12-10-7/h6H,1-5H2,(H,10,11,12). The van der Waals surface area contributed by atoms with Crippen molar-refractivity contribution in [2.24, 2.45) is 0 Å². The van der Waals surface area contributed by atoms with Crippen molar-refractivity contribution < 1.29 is 4.39 Å². The molecular formula is C8H12FN3. The van der Waals surface area contributed by atoms with E-state index in [2.05, 4.69) is 15.4 Å². The van der Waals surface area contributed by atoms with Crippen molar-refractivity contribution in [2.45, 2.75) is 38.3 Å². The third-order valence-electron chi connectivity index (χ3n) is 2.32. The molecule has 0 fully saturated rings. The van der Waals surface area contributed by atoms with Gasteiger partial charge >= 0.3 is 0 Å². The Balaban J connectivity index is 2.25. The third kappa shape index (κ3) is 1.33. The first kappa shape index (κ1) is 7.71. The zero-order valence-electron chi connectivity index (χ0n) is 6.89. The van der Waals surface area contributed by atoms with Crippen molar-refractivity contribution in [1.82, 2.24) is 15.4 Å². The Labute approximate surface area is 70.4 Å². The van der Waals surface area contributed by atoms with Crippen LogP contribution in [0.15, 0.2) is 0 Å². The molecule has 12 heavy (non-hydrogen) atoms. The van der Waals surface area contributed by atoms with Crippen molar-refractivity contribution in [1.29, 1.82) is 0 Å². The molecule has 2 rings (SSSR count). The Kier molecular flexibility index (Phi) is 2.06. The molecule has 0 bridgehead atoms. The lowest BCUT2D eigenvalue weighted by molar-refractivity contribution is 0.299. The monoisotopic (exact) mass is 169 g/mol. The predicted molar refractivity (Wildman–Crippen MR) is 42.4 cm³/mol. The van der Waals surface area contributed by atoms with Crippen LogP contribution in [0.25, 0.3) is 0 Å².